The number of aliphatic imine (C=N–C) groups is 1. The second kappa shape index (κ2) is 6.19. The van der Waals surface area contributed by atoms with E-state index in [1.165, 1.54) is 11.1 Å². The monoisotopic (exact) mass is 267 g/mol. The predicted molar refractivity (Wildman–Crippen MR) is 78.5 cm³/mol. The summed E-state index contributed by atoms with van der Waals surface area (Å²) in [6, 6.07) is 15.1. The number of benzene rings is 1. The van der Waals surface area contributed by atoms with Gasteiger partial charge in [-0.05, 0) is 29.7 Å². The first kappa shape index (κ1) is 12.7. The van der Waals surface area contributed by atoms with Gasteiger partial charge in [-0.1, -0.05) is 30.3 Å². The van der Waals surface area contributed by atoms with E-state index in [0.29, 0.717) is 12.6 Å². The van der Waals surface area contributed by atoms with E-state index in [-0.39, 0.29) is 6.04 Å². The molecule has 4 nitrogen and oxygen atoms in total. The van der Waals surface area contributed by atoms with Crippen LogP contribution in [-0.2, 0) is 11.2 Å². The second-order valence-electron chi connectivity index (χ2n) is 4.70. The number of amidine groups is 1. The molecule has 1 atom stereocenters. The van der Waals surface area contributed by atoms with Gasteiger partial charge in [0.05, 0.1) is 12.6 Å². The van der Waals surface area contributed by atoms with Gasteiger partial charge in [0.1, 0.15) is 6.61 Å². The summed E-state index contributed by atoms with van der Waals surface area (Å²) in [5, 5.41) is 3.16. The fourth-order valence-corrected chi connectivity index (χ4v) is 2.24. The molecule has 1 aromatic heterocycles. The molecule has 0 unspecified atom stereocenters. The van der Waals surface area contributed by atoms with E-state index in [4.69, 9.17) is 9.73 Å². The van der Waals surface area contributed by atoms with E-state index in [0.717, 1.165) is 13.0 Å². The minimum atomic E-state index is 0.0548. The molecule has 0 aliphatic carbocycles. The van der Waals surface area contributed by atoms with Crippen LogP contribution in [0.2, 0.25) is 0 Å². The Morgan fingerprint density at radius 3 is 2.65 bits per heavy atom. The molecule has 0 amide bonds. The Balaban J connectivity index is 1.85. The first-order valence-electron chi connectivity index (χ1n) is 6.80. The molecule has 1 aliphatic rings. The van der Waals surface area contributed by atoms with Crippen molar-refractivity contribution < 1.29 is 4.74 Å². The normalized spacial score (nSPS) is 17.5. The maximum Gasteiger partial charge on any atom is 0.285 e. The summed E-state index contributed by atoms with van der Waals surface area (Å²) in [7, 11) is 0. The van der Waals surface area contributed by atoms with Crippen LogP contribution in [-0.4, -0.2) is 24.2 Å². The molecule has 20 heavy (non-hydrogen) atoms. The Labute approximate surface area is 118 Å². The van der Waals surface area contributed by atoms with Crippen LogP contribution in [0.3, 0.4) is 0 Å². The van der Waals surface area contributed by atoms with Crippen molar-refractivity contribution in [2.24, 2.45) is 4.99 Å². The van der Waals surface area contributed by atoms with Gasteiger partial charge >= 0.3 is 0 Å². The number of hydrogen-bond donors (Lipinski definition) is 1. The van der Waals surface area contributed by atoms with Gasteiger partial charge in [0.15, 0.2) is 0 Å². The quantitative estimate of drug-likeness (QED) is 0.925. The third kappa shape index (κ3) is 3.15. The molecule has 1 saturated heterocycles. The molecule has 0 radical (unpaired) electrons. The fourth-order valence-electron chi connectivity index (χ4n) is 2.24. The zero-order chi connectivity index (χ0) is 13.6. The van der Waals surface area contributed by atoms with Crippen molar-refractivity contribution in [3.63, 3.8) is 0 Å². The Morgan fingerprint density at radius 1 is 1.15 bits per heavy atom. The number of ether oxygens (including phenoxy) is 1. The number of nitrogens with one attached hydrogen (secondary N) is 1. The number of hydrogen-bond acceptors (Lipinski definition) is 3. The third-order valence-corrected chi connectivity index (χ3v) is 3.25. The van der Waals surface area contributed by atoms with Crippen LogP contribution in [0.1, 0.15) is 17.2 Å². The topological polar surface area (TPSA) is 46.5 Å². The highest BCUT2D eigenvalue weighted by Gasteiger charge is 2.15. The summed E-state index contributed by atoms with van der Waals surface area (Å²) < 4.78 is 5.47. The summed E-state index contributed by atoms with van der Waals surface area (Å²) in [6.07, 6.45) is 4.46. The van der Waals surface area contributed by atoms with Crippen LogP contribution in [0.15, 0.2) is 59.9 Å². The van der Waals surface area contributed by atoms with Crippen molar-refractivity contribution in [2.75, 3.05) is 13.2 Å². The molecular formula is C16H17N3O. The van der Waals surface area contributed by atoms with Crippen LogP contribution >= 0.6 is 0 Å². The molecule has 1 aliphatic heterocycles. The molecule has 0 bridgehead atoms. The van der Waals surface area contributed by atoms with Crippen molar-refractivity contribution in [3.8, 4) is 0 Å². The Kier molecular flexibility index (Phi) is 3.92. The van der Waals surface area contributed by atoms with Gasteiger partial charge in [-0.2, -0.15) is 0 Å². The highest BCUT2D eigenvalue weighted by atomic mass is 16.5. The number of nitrogens with zero attached hydrogens (tertiary/aromatic N) is 2. The van der Waals surface area contributed by atoms with E-state index in [9.17, 15) is 0 Å². The molecule has 102 valence electrons. The summed E-state index contributed by atoms with van der Waals surface area (Å²) in [5.74, 6) is 0. The SMILES string of the molecule is c1ccc([C@@H](Cc2ccncc2)/N=C2/NCCO2)cc1. The first-order valence-corrected chi connectivity index (χ1v) is 6.80. The van der Waals surface area contributed by atoms with E-state index < -0.39 is 0 Å². The van der Waals surface area contributed by atoms with Gasteiger partial charge in [-0.25, -0.2) is 4.99 Å². The fraction of sp³-hybridized carbons (Fsp3) is 0.250. The van der Waals surface area contributed by atoms with Gasteiger partial charge in [-0.3, -0.25) is 4.98 Å². The minimum Gasteiger partial charge on any atom is -0.463 e. The van der Waals surface area contributed by atoms with Crippen LogP contribution in [0, 0.1) is 0 Å². The van der Waals surface area contributed by atoms with Crippen LogP contribution in [0.5, 0.6) is 0 Å². The predicted octanol–water partition coefficient (Wildman–Crippen LogP) is 2.34. The van der Waals surface area contributed by atoms with E-state index >= 15 is 0 Å². The van der Waals surface area contributed by atoms with E-state index in [1.54, 1.807) is 0 Å². The standard InChI is InChI=1S/C16H17N3O/c1-2-4-14(5-3-1)15(19-16-18-10-11-20-16)12-13-6-8-17-9-7-13/h1-9,15H,10-12H2,(H,18,19)/t15-/m1/s1. The lowest BCUT2D eigenvalue weighted by molar-refractivity contribution is 0.348. The molecule has 1 aromatic carbocycles. The van der Waals surface area contributed by atoms with Crippen molar-refractivity contribution in [2.45, 2.75) is 12.5 Å². The lowest BCUT2D eigenvalue weighted by Gasteiger charge is -2.14. The van der Waals surface area contributed by atoms with Gasteiger partial charge in [-0.15, -0.1) is 0 Å². The second-order valence-corrected chi connectivity index (χ2v) is 4.70. The molecule has 1 N–H and O–H groups in total. The van der Waals surface area contributed by atoms with E-state index in [2.05, 4.69) is 22.4 Å². The highest BCUT2D eigenvalue weighted by molar-refractivity contribution is 5.75. The van der Waals surface area contributed by atoms with Crippen molar-refractivity contribution >= 4 is 6.02 Å². The molecule has 3 rings (SSSR count). The van der Waals surface area contributed by atoms with E-state index in [1.807, 2.05) is 42.7 Å². The molecule has 2 aromatic rings. The minimum absolute atomic E-state index is 0.0548. The summed E-state index contributed by atoms with van der Waals surface area (Å²) >= 11 is 0. The lowest BCUT2D eigenvalue weighted by Crippen LogP contribution is -2.17. The largest absolute Gasteiger partial charge is 0.463 e. The summed E-state index contributed by atoms with van der Waals surface area (Å²) in [6.45, 7) is 1.52. The van der Waals surface area contributed by atoms with Gasteiger partial charge < -0.3 is 10.1 Å². The molecule has 0 saturated carbocycles. The number of rotatable bonds is 4. The molecular weight excluding hydrogens is 250 g/mol. The zero-order valence-corrected chi connectivity index (χ0v) is 11.2. The number of aromatic nitrogens is 1. The maximum atomic E-state index is 5.47. The van der Waals surface area contributed by atoms with Crippen LogP contribution in [0.25, 0.3) is 0 Å². The maximum absolute atomic E-state index is 5.47. The Bertz CT molecular complexity index is 561. The Morgan fingerprint density at radius 2 is 1.95 bits per heavy atom. The van der Waals surface area contributed by atoms with Crippen molar-refractivity contribution in [3.05, 3.63) is 66.0 Å². The average molecular weight is 267 g/mol. The first-order chi connectivity index (χ1) is 9.92. The summed E-state index contributed by atoms with van der Waals surface area (Å²) in [5.41, 5.74) is 2.41. The Hall–Kier alpha value is -2.36. The third-order valence-electron chi connectivity index (χ3n) is 3.25. The van der Waals surface area contributed by atoms with Gasteiger partial charge in [0.25, 0.3) is 6.02 Å². The van der Waals surface area contributed by atoms with Crippen molar-refractivity contribution in [1.82, 2.24) is 10.3 Å². The lowest BCUT2D eigenvalue weighted by atomic mass is 10.0. The molecule has 2 heterocycles. The average Bonchev–Trinajstić information content (AvgIpc) is 3.02. The van der Waals surface area contributed by atoms with Crippen LogP contribution in [0.4, 0.5) is 0 Å². The molecule has 4 heteroatoms. The van der Waals surface area contributed by atoms with Crippen molar-refractivity contribution in [1.29, 1.82) is 0 Å². The highest BCUT2D eigenvalue weighted by Crippen LogP contribution is 2.22. The number of pyridine rings is 1. The molecule has 0 spiro atoms. The smallest absolute Gasteiger partial charge is 0.285 e. The van der Waals surface area contributed by atoms with Crippen LogP contribution < -0.4 is 5.32 Å². The van der Waals surface area contributed by atoms with Gasteiger partial charge in [0.2, 0.25) is 0 Å². The molecule has 1 fully saturated rings. The zero-order valence-electron chi connectivity index (χ0n) is 11.2. The summed E-state index contributed by atoms with van der Waals surface area (Å²) in [4.78, 5) is 8.76. The van der Waals surface area contributed by atoms with Gasteiger partial charge in [0, 0.05) is 12.4 Å².